The fraction of sp³-hybridized carbons (Fsp3) is 0.379. The van der Waals surface area contributed by atoms with Crippen LogP contribution in [0.25, 0.3) is 28.2 Å². The maximum Gasteiger partial charge on any atom is 0.254 e. The topological polar surface area (TPSA) is 87.9 Å². The van der Waals surface area contributed by atoms with Gasteiger partial charge in [-0.05, 0) is 44.0 Å². The fourth-order valence-electron chi connectivity index (χ4n) is 6.00. The first-order chi connectivity index (χ1) is 18.7. The number of aromatic nitrogens is 4. The lowest BCUT2D eigenvalue weighted by Gasteiger charge is -2.39. The molecule has 0 saturated carbocycles. The lowest BCUT2D eigenvalue weighted by atomic mass is 10.1. The fourth-order valence-corrected chi connectivity index (χ4v) is 6.00. The first-order valence-corrected chi connectivity index (χ1v) is 13.4. The molecule has 1 N–H and O–H groups in total. The van der Waals surface area contributed by atoms with Gasteiger partial charge in [0.1, 0.15) is 5.82 Å². The number of amides is 1. The Kier molecular flexibility index (Phi) is 5.82. The SMILES string of the molecule is COC1CN(c2cc(C(=O)N3[C@H]4CCNC[C@@H]3CC4)cc(-c3cnn4ccc(-c5ccccc5)nc34)n2)C1. The Morgan fingerprint density at radius 3 is 2.68 bits per heavy atom. The predicted octanol–water partition coefficient (Wildman–Crippen LogP) is 3.26. The molecule has 0 aliphatic carbocycles. The third kappa shape index (κ3) is 4.02. The van der Waals surface area contributed by atoms with Gasteiger partial charge in [0.25, 0.3) is 5.91 Å². The summed E-state index contributed by atoms with van der Waals surface area (Å²) in [6.07, 6.45) is 7.02. The van der Waals surface area contributed by atoms with E-state index in [4.69, 9.17) is 14.7 Å². The van der Waals surface area contributed by atoms with Crippen LogP contribution in [0.4, 0.5) is 5.82 Å². The Balaban J connectivity index is 1.31. The molecule has 2 bridgehead atoms. The number of benzene rings is 1. The summed E-state index contributed by atoms with van der Waals surface area (Å²) in [4.78, 5) is 28.3. The van der Waals surface area contributed by atoms with Crippen molar-refractivity contribution >= 4 is 17.4 Å². The number of anilines is 1. The van der Waals surface area contributed by atoms with E-state index >= 15 is 0 Å². The zero-order chi connectivity index (χ0) is 25.6. The van der Waals surface area contributed by atoms with Gasteiger partial charge in [0.2, 0.25) is 0 Å². The van der Waals surface area contributed by atoms with Crippen molar-refractivity contribution in [1.82, 2.24) is 29.8 Å². The molecule has 9 nitrogen and oxygen atoms in total. The number of carbonyl (C=O) groups is 1. The summed E-state index contributed by atoms with van der Waals surface area (Å²) in [7, 11) is 1.74. The number of nitrogens with zero attached hydrogens (tertiary/aromatic N) is 6. The van der Waals surface area contributed by atoms with E-state index in [1.807, 2.05) is 54.7 Å². The molecular formula is C29H31N7O2. The van der Waals surface area contributed by atoms with Gasteiger partial charge in [-0.3, -0.25) is 4.79 Å². The first-order valence-electron chi connectivity index (χ1n) is 13.4. The number of methoxy groups -OCH3 is 1. The van der Waals surface area contributed by atoms with Crippen LogP contribution in [0.5, 0.6) is 0 Å². The smallest absolute Gasteiger partial charge is 0.254 e. The molecular weight excluding hydrogens is 478 g/mol. The summed E-state index contributed by atoms with van der Waals surface area (Å²) in [5, 5.41) is 8.05. The molecule has 1 aromatic carbocycles. The van der Waals surface area contributed by atoms with Gasteiger partial charge in [-0.15, -0.1) is 0 Å². The van der Waals surface area contributed by atoms with Crippen molar-refractivity contribution in [2.75, 3.05) is 38.2 Å². The maximum atomic E-state index is 14.0. The van der Waals surface area contributed by atoms with Gasteiger partial charge in [-0.2, -0.15) is 5.10 Å². The van der Waals surface area contributed by atoms with E-state index in [1.165, 1.54) is 0 Å². The molecule has 3 saturated heterocycles. The molecule has 38 heavy (non-hydrogen) atoms. The van der Waals surface area contributed by atoms with Crippen LogP contribution in [-0.4, -0.2) is 81.9 Å². The number of nitrogens with one attached hydrogen (secondary N) is 1. The maximum absolute atomic E-state index is 14.0. The largest absolute Gasteiger partial charge is 0.378 e. The second-order valence-corrected chi connectivity index (χ2v) is 10.5. The third-order valence-electron chi connectivity index (χ3n) is 8.17. The summed E-state index contributed by atoms with van der Waals surface area (Å²) in [5.41, 5.74) is 4.81. The Bertz CT molecular complexity index is 1470. The van der Waals surface area contributed by atoms with Crippen molar-refractivity contribution in [2.45, 2.75) is 37.5 Å². The highest BCUT2D eigenvalue weighted by Gasteiger charge is 2.39. The van der Waals surface area contributed by atoms with Crippen molar-refractivity contribution in [1.29, 1.82) is 0 Å². The molecule has 2 atom stereocenters. The minimum absolute atomic E-state index is 0.0873. The molecule has 0 radical (unpaired) electrons. The Morgan fingerprint density at radius 1 is 1.00 bits per heavy atom. The van der Waals surface area contributed by atoms with E-state index in [-0.39, 0.29) is 24.1 Å². The van der Waals surface area contributed by atoms with Crippen LogP contribution in [0.2, 0.25) is 0 Å². The average molecular weight is 510 g/mol. The molecule has 194 valence electrons. The zero-order valence-electron chi connectivity index (χ0n) is 21.5. The van der Waals surface area contributed by atoms with Crippen LogP contribution in [0.1, 0.15) is 29.6 Å². The van der Waals surface area contributed by atoms with Crippen LogP contribution in [0.3, 0.4) is 0 Å². The average Bonchev–Trinajstić information content (AvgIpc) is 3.46. The molecule has 4 aromatic rings. The van der Waals surface area contributed by atoms with E-state index in [2.05, 4.69) is 20.2 Å². The van der Waals surface area contributed by atoms with Crippen molar-refractivity contribution in [3.05, 3.63) is 66.5 Å². The molecule has 0 unspecified atom stereocenters. The summed E-state index contributed by atoms with van der Waals surface area (Å²) in [6.45, 7) is 3.33. The standard InChI is InChI=1S/C29H31N7O2/c1-38-23-17-34(18-23)27-14-20(29(37)36-21-7-8-22(36)15-30-11-9-21)13-26(32-27)24-16-31-35-12-10-25(33-28(24)35)19-5-3-2-4-6-19/h2-6,10,12-14,16,21-23,30H,7-9,11,15,17-18H2,1H3/t21-,22+/m1/s1. The minimum atomic E-state index is 0.0873. The molecule has 0 spiro atoms. The van der Waals surface area contributed by atoms with Gasteiger partial charge in [0.05, 0.1) is 29.3 Å². The minimum Gasteiger partial charge on any atom is -0.378 e. The van der Waals surface area contributed by atoms with E-state index in [9.17, 15) is 4.79 Å². The van der Waals surface area contributed by atoms with Crippen molar-refractivity contribution < 1.29 is 9.53 Å². The normalized spacial score (nSPS) is 21.5. The highest BCUT2D eigenvalue weighted by atomic mass is 16.5. The van der Waals surface area contributed by atoms with Gasteiger partial charge in [0.15, 0.2) is 5.65 Å². The van der Waals surface area contributed by atoms with Gasteiger partial charge in [-0.1, -0.05) is 30.3 Å². The quantitative estimate of drug-likeness (QED) is 0.442. The second-order valence-electron chi connectivity index (χ2n) is 10.5. The Morgan fingerprint density at radius 2 is 1.84 bits per heavy atom. The summed E-state index contributed by atoms with van der Waals surface area (Å²) >= 11 is 0. The van der Waals surface area contributed by atoms with Crippen LogP contribution in [0, 0.1) is 0 Å². The lowest BCUT2D eigenvalue weighted by Crippen LogP contribution is -2.52. The first kappa shape index (κ1) is 23.3. The molecule has 3 aliphatic heterocycles. The van der Waals surface area contributed by atoms with Gasteiger partial charge in [-0.25, -0.2) is 14.5 Å². The predicted molar refractivity (Wildman–Crippen MR) is 145 cm³/mol. The molecule has 6 heterocycles. The van der Waals surface area contributed by atoms with Crippen molar-refractivity contribution in [3.63, 3.8) is 0 Å². The van der Waals surface area contributed by atoms with Gasteiger partial charge < -0.3 is 19.9 Å². The Labute approximate surface area is 221 Å². The molecule has 9 heteroatoms. The number of carbonyl (C=O) groups excluding carboxylic acids is 1. The van der Waals surface area contributed by atoms with E-state index in [0.29, 0.717) is 16.9 Å². The summed E-state index contributed by atoms with van der Waals surface area (Å²) < 4.78 is 7.27. The summed E-state index contributed by atoms with van der Waals surface area (Å²) in [6, 6.07) is 16.5. The van der Waals surface area contributed by atoms with E-state index < -0.39 is 0 Å². The number of fused-ring (bicyclic) bond motifs is 3. The summed E-state index contributed by atoms with van der Waals surface area (Å²) in [5.74, 6) is 0.877. The zero-order valence-corrected chi connectivity index (χ0v) is 21.5. The highest BCUT2D eigenvalue weighted by Crippen LogP contribution is 2.33. The van der Waals surface area contributed by atoms with Gasteiger partial charge >= 0.3 is 0 Å². The van der Waals surface area contributed by atoms with Crippen molar-refractivity contribution in [2.24, 2.45) is 0 Å². The van der Waals surface area contributed by atoms with E-state index in [0.717, 1.165) is 68.1 Å². The second kappa shape index (κ2) is 9.49. The number of hydrogen-bond donors (Lipinski definition) is 1. The molecule has 3 aliphatic rings. The van der Waals surface area contributed by atoms with Crippen LogP contribution in [-0.2, 0) is 4.74 Å². The number of hydrogen-bond acceptors (Lipinski definition) is 7. The van der Waals surface area contributed by atoms with E-state index in [1.54, 1.807) is 17.8 Å². The molecule has 7 rings (SSSR count). The lowest BCUT2D eigenvalue weighted by molar-refractivity contribution is 0.0680. The van der Waals surface area contributed by atoms with Crippen molar-refractivity contribution in [3.8, 4) is 22.5 Å². The monoisotopic (exact) mass is 509 g/mol. The van der Waals surface area contributed by atoms with Crippen LogP contribution < -0.4 is 10.2 Å². The molecule has 3 fully saturated rings. The van der Waals surface area contributed by atoms with Crippen LogP contribution >= 0.6 is 0 Å². The van der Waals surface area contributed by atoms with Crippen LogP contribution in [0.15, 0.2) is 60.9 Å². The number of ether oxygens (including phenoxy) is 1. The number of rotatable bonds is 5. The number of pyridine rings is 1. The Hall–Kier alpha value is -3.82. The third-order valence-corrected chi connectivity index (χ3v) is 8.17. The molecule has 3 aromatic heterocycles. The van der Waals surface area contributed by atoms with Gasteiger partial charge in [0, 0.05) is 56.2 Å². The molecule has 1 amide bonds. The highest BCUT2D eigenvalue weighted by molar-refractivity contribution is 5.97.